The van der Waals surface area contributed by atoms with E-state index in [1.807, 2.05) is 12.1 Å². The lowest BCUT2D eigenvalue weighted by molar-refractivity contribution is 0.666. The lowest BCUT2D eigenvalue weighted by Crippen LogP contribution is -2.15. The highest BCUT2D eigenvalue weighted by molar-refractivity contribution is 6.07. The molecule has 0 saturated carbocycles. The number of benzene rings is 11. The van der Waals surface area contributed by atoms with Crippen molar-refractivity contribution in [1.82, 2.24) is 0 Å². The van der Waals surface area contributed by atoms with Crippen LogP contribution in [0.1, 0.15) is 25.0 Å². The lowest BCUT2D eigenvalue weighted by Gasteiger charge is -2.31. The molecule has 0 radical (unpaired) electrons. The van der Waals surface area contributed by atoms with Gasteiger partial charge >= 0.3 is 0 Å². The van der Waals surface area contributed by atoms with Crippen molar-refractivity contribution in [3.8, 4) is 44.5 Å². The molecule has 12 aromatic rings. The molecular weight excluding hydrogens is 849 g/mol. The van der Waals surface area contributed by atoms with E-state index in [4.69, 9.17) is 4.42 Å². The van der Waals surface area contributed by atoms with Gasteiger partial charge < -0.3 is 14.2 Å². The number of hydrogen-bond acceptors (Lipinski definition) is 3. The van der Waals surface area contributed by atoms with Crippen LogP contribution in [0.3, 0.4) is 0 Å². The fourth-order valence-corrected chi connectivity index (χ4v) is 11.0. The van der Waals surface area contributed by atoms with Crippen molar-refractivity contribution in [2.24, 2.45) is 0 Å². The lowest BCUT2D eigenvalue weighted by atomic mass is 9.79. The quantitative estimate of drug-likeness (QED) is 0.144. The molecule has 0 atom stereocenters. The van der Waals surface area contributed by atoms with Crippen LogP contribution in [0.5, 0.6) is 0 Å². The maximum Gasteiger partial charge on any atom is 0.135 e. The summed E-state index contributed by atoms with van der Waals surface area (Å²) in [6.45, 7) is 4.78. The number of para-hydroxylation sites is 2. The Morgan fingerprint density at radius 3 is 1.54 bits per heavy atom. The van der Waals surface area contributed by atoms with Gasteiger partial charge in [-0.3, -0.25) is 0 Å². The molecule has 3 heteroatoms. The summed E-state index contributed by atoms with van der Waals surface area (Å²) in [5.74, 6) is 0. The first kappa shape index (κ1) is 41.3. The second-order valence-electron chi connectivity index (χ2n) is 18.9. The molecule has 1 aliphatic rings. The summed E-state index contributed by atoms with van der Waals surface area (Å²) in [6.07, 6.45) is 0. The summed E-state index contributed by atoms with van der Waals surface area (Å²) >= 11 is 0. The third-order valence-corrected chi connectivity index (χ3v) is 14.4. The molecule has 0 fully saturated rings. The number of furan rings is 1. The average Bonchev–Trinajstić information content (AvgIpc) is 3.91. The molecule has 0 amide bonds. The van der Waals surface area contributed by atoms with E-state index in [1.54, 1.807) is 0 Å². The highest BCUT2D eigenvalue weighted by Crippen LogP contribution is 2.53. The first-order valence-corrected chi connectivity index (χ1v) is 24.1. The Hall–Kier alpha value is -8.92. The van der Waals surface area contributed by atoms with E-state index in [1.165, 1.54) is 49.7 Å². The third-order valence-electron chi connectivity index (χ3n) is 14.4. The van der Waals surface area contributed by atoms with Gasteiger partial charge in [-0.1, -0.05) is 184 Å². The minimum Gasteiger partial charge on any atom is -0.456 e. The van der Waals surface area contributed by atoms with Crippen molar-refractivity contribution in [2.75, 3.05) is 9.80 Å². The Balaban J connectivity index is 1.05. The summed E-state index contributed by atoms with van der Waals surface area (Å²) in [5.41, 5.74) is 20.1. The van der Waals surface area contributed by atoms with E-state index in [0.717, 1.165) is 72.8 Å². The monoisotopic (exact) mass is 896 g/mol. The molecule has 0 saturated heterocycles. The number of rotatable bonds is 9. The Morgan fingerprint density at radius 1 is 0.300 bits per heavy atom. The van der Waals surface area contributed by atoms with Crippen LogP contribution in [-0.2, 0) is 5.41 Å². The molecule has 1 heterocycles. The predicted octanol–water partition coefficient (Wildman–Crippen LogP) is 19.0. The molecule has 1 aromatic heterocycles. The number of hydrogen-bond donors (Lipinski definition) is 0. The second kappa shape index (κ2) is 16.7. The first-order valence-electron chi connectivity index (χ1n) is 24.1. The standard InChI is InChI=1S/C67H48N2O/c1-67(2)63-42-50(32-36-59(63)61-37-31-48-21-12-13-26-58(48)66(61)67)51-40-56(68(52-23-10-5-11-24-52)55-35-38-65-62(44-55)60-27-14-15-28-64(60)70-65)43-57(41-51)69(53-33-29-47(30-34-53)45-17-6-3-7-18-45)54-25-16-22-49(39-54)46-19-8-4-9-20-46/h3-44H,1-2H3. The van der Waals surface area contributed by atoms with E-state index in [9.17, 15) is 0 Å². The van der Waals surface area contributed by atoms with E-state index in [-0.39, 0.29) is 5.41 Å². The first-order chi connectivity index (χ1) is 34.4. The fourth-order valence-electron chi connectivity index (χ4n) is 11.0. The van der Waals surface area contributed by atoms with Gasteiger partial charge in [-0.2, -0.15) is 0 Å². The molecule has 11 aromatic carbocycles. The number of fused-ring (bicyclic) bond motifs is 8. The van der Waals surface area contributed by atoms with Crippen molar-refractivity contribution >= 4 is 66.8 Å². The Labute approximate surface area is 408 Å². The highest BCUT2D eigenvalue weighted by atomic mass is 16.3. The van der Waals surface area contributed by atoms with Crippen molar-refractivity contribution in [3.63, 3.8) is 0 Å². The van der Waals surface area contributed by atoms with Gasteiger partial charge in [-0.15, -0.1) is 0 Å². The maximum absolute atomic E-state index is 6.38. The molecule has 0 aliphatic heterocycles. The molecule has 13 rings (SSSR count). The number of anilines is 6. The molecule has 70 heavy (non-hydrogen) atoms. The summed E-state index contributed by atoms with van der Waals surface area (Å²) in [4.78, 5) is 4.81. The van der Waals surface area contributed by atoms with Crippen LogP contribution < -0.4 is 9.80 Å². The molecule has 332 valence electrons. The van der Waals surface area contributed by atoms with E-state index in [2.05, 4.69) is 266 Å². The molecule has 3 nitrogen and oxygen atoms in total. The van der Waals surface area contributed by atoms with Gasteiger partial charge in [0.25, 0.3) is 0 Å². The van der Waals surface area contributed by atoms with Crippen LogP contribution in [0.15, 0.2) is 259 Å². The topological polar surface area (TPSA) is 19.6 Å². The SMILES string of the molecule is CC1(C)c2cc(-c3cc(N(c4ccc(-c5ccccc5)cc4)c4cccc(-c5ccccc5)c4)cc(N(c4ccccc4)c4ccc5oc6ccccc6c5c4)c3)ccc2-c2ccc3ccccc3c21. The van der Waals surface area contributed by atoms with E-state index in [0.29, 0.717) is 0 Å². The zero-order valence-electron chi connectivity index (χ0n) is 39.1. The second-order valence-corrected chi connectivity index (χ2v) is 18.9. The van der Waals surface area contributed by atoms with Crippen LogP contribution in [0, 0.1) is 0 Å². The van der Waals surface area contributed by atoms with Crippen LogP contribution in [0.25, 0.3) is 77.2 Å². The smallest absolute Gasteiger partial charge is 0.135 e. The Kier molecular flexibility index (Phi) is 9.85. The summed E-state index contributed by atoms with van der Waals surface area (Å²) in [7, 11) is 0. The van der Waals surface area contributed by atoms with Crippen LogP contribution >= 0.6 is 0 Å². The van der Waals surface area contributed by atoms with Crippen LogP contribution in [0.2, 0.25) is 0 Å². The van der Waals surface area contributed by atoms with E-state index < -0.39 is 0 Å². The van der Waals surface area contributed by atoms with Gasteiger partial charge in [0.05, 0.1) is 0 Å². The molecule has 1 aliphatic carbocycles. The van der Waals surface area contributed by atoms with Gasteiger partial charge in [-0.05, 0) is 151 Å². The minimum absolute atomic E-state index is 0.217. The molecule has 0 unspecified atom stereocenters. The highest BCUT2D eigenvalue weighted by Gasteiger charge is 2.37. The molecule has 0 bridgehead atoms. The average molecular weight is 897 g/mol. The van der Waals surface area contributed by atoms with Crippen molar-refractivity contribution in [1.29, 1.82) is 0 Å². The maximum atomic E-state index is 6.38. The Morgan fingerprint density at radius 2 is 0.800 bits per heavy atom. The van der Waals surface area contributed by atoms with Gasteiger partial charge in [0.15, 0.2) is 0 Å². The third kappa shape index (κ3) is 7.05. The Bertz CT molecular complexity index is 3910. The van der Waals surface area contributed by atoms with Crippen molar-refractivity contribution in [3.05, 3.63) is 266 Å². The van der Waals surface area contributed by atoms with E-state index >= 15 is 0 Å². The predicted molar refractivity (Wildman–Crippen MR) is 294 cm³/mol. The molecule has 0 N–H and O–H groups in total. The van der Waals surface area contributed by atoms with Crippen LogP contribution in [-0.4, -0.2) is 0 Å². The number of nitrogens with zero attached hydrogens (tertiary/aromatic N) is 2. The summed E-state index contributed by atoms with van der Waals surface area (Å²) in [6, 6.07) is 92.5. The fraction of sp³-hybridized carbons (Fsp3) is 0.0448. The zero-order chi connectivity index (χ0) is 46.8. The molecule has 0 spiro atoms. The van der Waals surface area contributed by atoms with Crippen molar-refractivity contribution < 1.29 is 4.42 Å². The van der Waals surface area contributed by atoms with Crippen molar-refractivity contribution in [2.45, 2.75) is 19.3 Å². The minimum atomic E-state index is -0.217. The van der Waals surface area contributed by atoms with Gasteiger partial charge in [0.1, 0.15) is 11.2 Å². The zero-order valence-corrected chi connectivity index (χ0v) is 39.1. The molecular formula is C67H48N2O. The normalized spacial score (nSPS) is 12.5. The van der Waals surface area contributed by atoms with Gasteiger partial charge in [0, 0.05) is 50.3 Å². The van der Waals surface area contributed by atoms with Gasteiger partial charge in [0.2, 0.25) is 0 Å². The van der Waals surface area contributed by atoms with Crippen LogP contribution in [0.4, 0.5) is 34.1 Å². The summed E-state index contributed by atoms with van der Waals surface area (Å²) in [5, 5.41) is 4.77. The summed E-state index contributed by atoms with van der Waals surface area (Å²) < 4.78 is 6.38. The van der Waals surface area contributed by atoms with Gasteiger partial charge in [-0.25, -0.2) is 0 Å². The largest absolute Gasteiger partial charge is 0.456 e.